The van der Waals surface area contributed by atoms with Gasteiger partial charge in [0.2, 0.25) is 13.6 Å². The summed E-state index contributed by atoms with van der Waals surface area (Å²) in [5, 5.41) is 21.6. The van der Waals surface area contributed by atoms with Crippen LogP contribution in [0.4, 0.5) is 0 Å². The van der Waals surface area contributed by atoms with Crippen LogP contribution in [-0.2, 0) is 41.9 Å². The third-order valence-corrected chi connectivity index (χ3v) is 6.90. The Morgan fingerprint density at radius 1 is 1.11 bits per heavy atom. The van der Waals surface area contributed by atoms with E-state index in [2.05, 4.69) is 4.98 Å². The molecule has 216 valence electrons. The number of nitrogens with one attached hydrogen (secondary N) is 1. The van der Waals surface area contributed by atoms with E-state index >= 15 is 0 Å². The first-order valence-electron chi connectivity index (χ1n) is 11.5. The van der Waals surface area contributed by atoms with Gasteiger partial charge in [-0.1, -0.05) is 0 Å². The number of aromatic nitrogens is 2. The van der Waals surface area contributed by atoms with Gasteiger partial charge in [0.25, 0.3) is 5.56 Å². The number of rotatable bonds is 10. The lowest BCUT2D eigenvalue weighted by atomic mass is 9.96. The van der Waals surface area contributed by atoms with E-state index in [0.717, 1.165) is 6.07 Å². The Labute approximate surface area is 224 Å². The van der Waals surface area contributed by atoms with Crippen molar-refractivity contribution in [2.75, 3.05) is 20.2 Å². The molecular weight excluding hydrogens is 547 g/mol. The zero-order valence-electron chi connectivity index (χ0n) is 22.3. The molecule has 0 saturated carbocycles. The quantitative estimate of drug-likeness (QED) is 0.158. The average Bonchev–Trinajstić information content (AvgIpc) is 3.00. The van der Waals surface area contributed by atoms with Crippen LogP contribution < -0.4 is 5.56 Å². The summed E-state index contributed by atoms with van der Waals surface area (Å²) in [7, 11) is -4.57. The first-order chi connectivity index (χ1) is 17.3. The molecule has 0 aromatic carbocycles. The van der Waals surface area contributed by atoms with E-state index < -0.39 is 80.4 Å². The summed E-state index contributed by atoms with van der Waals surface area (Å²) < 4.78 is 45.4. The highest BCUT2D eigenvalue weighted by Crippen LogP contribution is 2.51. The summed E-state index contributed by atoms with van der Waals surface area (Å²) in [5.41, 5.74) is -4.13. The van der Waals surface area contributed by atoms with E-state index in [9.17, 15) is 29.2 Å². The molecule has 2 rings (SSSR count). The minimum atomic E-state index is -4.57. The van der Waals surface area contributed by atoms with Crippen LogP contribution in [0.2, 0.25) is 0 Å². The van der Waals surface area contributed by atoms with Crippen molar-refractivity contribution in [3.05, 3.63) is 27.4 Å². The number of hydrogen-bond donors (Lipinski definition) is 3. The Morgan fingerprint density at radius 3 is 2.05 bits per heavy atom. The highest BCUT2D eigenvalue weighted by molar-refractivity contribution is 7.71. The second kappa shape index (κ2) is 12.0. The van der Waals surface area contributed by atoms with E-state index in [4.69, 9.17) is 40.0 Å². The van der Waals surface area contributed by atoms with E-state index in [-0.39, 0.29) is 4.77 Å². The van der Waals surface area contributed by atoms with Crippen molar-refractivity contribution >= 4 is 32.0 Å². The lowest BCUT2D eigenvalue weighted by Gasteiger charge is -2.28. The zero-order chi connectivity index (χ0) is 29.1. The molecule has 1 aliphatic heterocycles. The fourth-order valence-corrected chi connectivity index (χ4v) is 4.16. The monoisotopic (exact) mass is 582 g/mol. The molecule has 0 amide bonds. The Kier molecular flexibility index (Phi) is 10.2. The molecule has 1 fully saturated rings. The van der Waals surface area contributed by atoms with Crippen molar-refractivity contribution in [3.8, 4) is 0 Å². The minimum Gasteiger partial charge on any atom is -0.437 e. The van der Waals surface area contributed by atoms with Gasteiger partial charge >= 0.3 is 19.8 Å². The number of phosphoric acid groups is 1. The van der Waals surface area contributed by atoms with E-state index in [1.807, 2.05) is 0 Å². The van der Waals surface area contributed by atoms with Gasteiger partial charge in [0.05, 0.1) is 17.4 Å². The standard InChI is InChI=1S/C22H35N2O12PS/c1-20(2,3)17(27)31-11-34-37(30,35-12-32-18(28)21(4,5)6)33-10-13-15(26)22(7,29)16(36-13)24-9-8-14(25)23-19(24)38/h8-9,13,15-16,26,29H,10-12H2,1-7H3,(H,23,25,38)/t13-,15+,16-,22-/m1/s1. The summed E-state index contributed by atoms with van der Waals surface area (Å²) in [6, 6.07) is 1.15. The lowest BCUT2D eigenvalue weighted by Crippen LogP contribution is -2.44. The molecule has 38 heavy (non-hydrogen) atoms. The molecule has 16 heteroatoms. The van der Waals surface area contributed by atoms with Crippen molar-refractivity contribution in [3.63, 3.8) is 0 Å². The van der Waals surface area contributed by atoms with Gasteiger partial charge < -0.3 is 24.4 Å². The molecule has 0 radical (unpaired) electrons. The molecule has 1 aromatic rings. The number of aliphatic hydroxyl groups excluding tert-OH is 1. The van der Waals surface area contributed by atoms with Crippen LogP contribution in [0.3, 0.4) is 0 Å². The van der Waals surface area contributed by atoms with Crippen molar-refractivity contribution in [1.82, 2.24) is 9.55 Å². The molecule has 1 saturated heterocycles. The lowest BCUT2D eigenvalue weighted by molar-refractivity contribution is -0.163. The van der Waals surface area contributed by atoms with Crippen LogP contribution in [-0.4, -0.2) is 69.7 Å². The molecule has 2 heterocycles. The van der Waals surface area contributed by atoms with Gasteiger partial charge in [0, 0.05) is 12.3 Å². The van der Waals surface area contributed by atoms with Crippen molar-refractivity contribution in [2.24, 2.45) is 10.8 Å². The van der Waals surface area contributed by atoms with Crippen LogP contribution in [0, 0.1) is 15.6 Å². The first kappa shape index (κ1) is 32.2. The fraction of sp³-hybridized carbons (Fsp3) is 0.727. The molecule has 0 unspecified atom stereocenters. The summed E-state index contributed by atoms with van der Waals surface area (Å²) in [4.78, 5) is 37.9. The molecule has 0 bridgehead atoms. The Hall–Kier alpha value is -1.97. The summed E-state index contributed by atoms with van der Waals surface area (Å²) in [5.74, 6) is -1.32. The molecule has 0 spiro atoms. The normalized spacial score (nSPS) is 24.3. The SMILES string of the molecule is CC(C)(C)C(=O)OCOP(=O)(OCOC(=O)C(C)(C)C)OC[C@H]1O[C@@H](n2ccc(=O)[nH]c2=S)[C@](C)(O)[C@H]1O. The smallest absolute Gasteiger partial charge is 0.437 e. The molecule has 1 aromatic heterocycles. The highest BCUT2D eigenvalue weighted by Gasteiger charge is 2.53. The van der Waals surface area contributed by atoms with Crippen molar-refractivity contribution in [2.45, 2.75) is 72.5 Å². The number of H-pyrrole nitrogens is 1. The van der Waals surface area contributed by atoms with Gasteiger partial charge in [-0.25, -0.2) is 13.6 Å². The molecular formula is C22H35N2O12PS. The van der Waals surface area contributed by atoms with Gasteiger partial charge in [0.15, 0.2) is 11.0 Å². The van der Waals surface area contributed by atoms with Gasteiger partial charge in [0.1, 0.15) is 17.8 Å². The highest BCUT2D eigenvalue weighted by atomic mass is 32.1. The van der Waals surface area contributed by atoms with Crippen LogP contribution in [0.1, 0.15) is 54.7 Å². The number of esters is 2. The molecule has 3 N–H and O–H groups in total. The van der Waals surface area contributed by atoms with Gasteiger partial charge in [-0.3, -0.25) is 28.5 Å². The maximum absolute atomic E-state index is 13.2. The maximum atomic E-state index is 13.2. The molecule has 1 aliphatic rings. The number of aliphatic hydroxyl groups is 2. The fourth-order valence-electron chi connectivity index (χ4n) is 2.99. The topological polar surface area (TPSA) is 185 Å². The van der Waals surface area contributed by atoms with Crippen LogP contribution in [0.15, 0.2) is 17.1 Å². The summed E-state index contributed by atoms with van der Waals surface area (Å²) in [6.45, 7) is 8.61. The number of hydrogen-bond acceptors (Lipinski definition) is 13. The number of ether oxygens (including phenoxy) is 3. The Morgan fingerprint density at radius 2 is 1.61 bits per heavy atom. The average molecular weight is 583 g/mol. The number of carbonyl (C=O) groups excluding carboxylic acids is 2. The third-order valence-electron chi connectivity index (χ3n) is 5.28. The van der Waals surface area contributed by atoms with E-state index in [1.54, 1.807) is 41.5 Å². The minimum absolute atomic E-state index is 0.0739. The molecule has 0 aliphatic carbocycles. The van der Waals surface area contributed by atoms with Crippen LogP contribution >= 0.6 is 20.0 Å². The first-order valence-corrected chi connectivity index (χ1v) is 13.4. The molecule has 4 atom stereocenters. The number of carbonyl (C=O) groups is 2. The largest absolute Gasteiger partial charge is 0.480 e. The van der Waals surface area contributed by atoms with Crippen molar-refractivity contribution in [1.29, 1.82) is 0 Å². The second-order valence-electron chi connectivity index (χ2n) is 10.8. The Balaban J connectivity index is 2.14. The van der Waals surface area contributed by atoms with Crippen molar-refractivity contribution < 1.29 is 52.1 Å². The zero-order valence-corrected chi connectivity index (χ0v) is 24.0. The summed E-state index contributed by atoms with van der Waals surface area (Å²) in [6.07, 6.45) is -2.83. The number of phosphoric ester groups is 1. The van der Waals surface area contributed by atoms with Crippen LogP contribution in [0.5, 0.6) is 0 Å². The predicted molar refractivity (Wildman–Crippen MR) is 133 cm³/mol. The predicted octanol–water partition coefficient (Wildman–Crippen LogP) is 2.17. The number of aromatic amines is 1. The van der Waals surface area contributed by atoms with Gasteiger partial charge in [-0.2, -0.15) is 0 Å². The van der Waals surface area contributed by atoms with Crippen LogP contribution in [0.25, 0.3) is 0 Å². The molecule has 14 nitrogen and oxygen atoms in total. The number of nitrogens with zero attached hydrogens (tertiary/aromatic N) is 1. The van der Waals surface area contributed by atoms with E-state index in [0.29, 0.717) is 0 Å². The summed E-state index contributed by atoms with van der Waals surface area (Å²) >= 11 is 5.11. The maximum Gasteiger partial charge on any atom is 0.480 e. The second-order valence-corrected chi connectivity index (χ2v) is 12.9. The van der Waals surface area contributed by atoms with Gasteiger partial charge in [-0.05, 0) is 60.7 Å². The van der Waals surface area contributed by atoms with E-state index in [1.165, 1.54) is 17.7 Å². The third kappa shape index (κ3) is 8.26. The van der Waals surface area contributed by atoms with Gasteiger partial charge in [-0.15, -0.1) is 0 Å². The Bertz CT molecular complexity index is 1130.